The van der Waals surface area contributed by atoms with Crippen molar-refractivity contribution in [1.82, 2.24) is 21.3 Å². The summed E-state index contributed by atoms with van der Waals surface area (Å²) in [6.45, 7) is 4.34. The van der Waals surface area contributed by atoms with Crippen LogP contribution in [0.4, 0.5) is 0 Å². The monoisotopic (exact) mass is 530 g/mol. The number of nitrogens with two attached hydrogens (primary N) is 3. The fourth-order valence-electron chi connectivity index (χ4n) is 3.34. The first kappa shape index (κ1) is 33.5. The lowest BCUT2D eigenvalue weighted by Crippen LogP contribution is -2.57. The van der Waals surface area contributed by atoms with Crippen LogP contribution >= 0.6 is 0 Å². The molecule has 0 saturated carbocycles. The van der Waals surface area contributed by atoms with E-state index in [2.05, 4.69) is 21.3 Å². The van der Waals surface area contributed by atoms with Crippen molar-refractivity contribution in [3.8, 4) is 0 Å². The number of carbonyl (C=O) groups excluding carboxylic acids is 3. The number of amides is 3. The fourth-order valence-corrected chi connectivity index (χ4v) is 3.34. The van der Waals surface area contributed by atoms with Crippen LogP contribution in [0.2, 0.25) is 0 Å². The number of guanidine groups is 1. The van der Waals surface area contributed by atoms with Crippen LogP contribution < -0.4 is 38.5 Å². The van der Waals surface area contributed by atoms with Gasteiger partial charge >= 0.3 is 11.9 Å². The largest absolute Gasteiger partial charge is 0.481 e. The first-order chi connectivity index (χ1) is 17.3. The Morgan fingerprint density at radius 1 is 0.838 bits per heavy atom. The second-order valence-corrected chi connectivity index (χ2v) is 9.12. The van der Waals surface area contributed by atoms with Gasteiger partial charge in [0.05, 0.1) is 12.5 Å². The SMILES string of the molecule is CC(C)C[C@H](NC(=O)[C@H](N)CCCCN)C(=O)N[C@@H](CCCNC(=N)N)C(=O)N[C@H](CC(=O)O)C(=O)O. The van der Waals surface area contributed by atoms with Crippen LogP contribution in [0.1, 0.15) is 58.8 Å². The predicted octanol–water partition coefficient (Wildman–Crippen LogP) is -2.23. The molecule has 0 saturated heterocycles. The van der Waals surface area contributed by atoms with E-state index in [0.717, 1.165) is 0 Å². The number of carbonyl (C=O) groups is 5. The average molecular weight is 531 g/mol. The zero-order valence-electron chi connectivity index (χ0n) is 21.4. The zero-order valence-corrected chi connectivity index (χ0v) is 21.4. The number of nitrogens with one attached hydrogen (secondary N) is 5. The van der Waals surface area contributed by atoms with Gasteiger partial charge in [-0.3, -0.25) is 24.6 Å². The summed E-state index contributed by atoms with van der Waals surface area (Å²) in [5, 5.41) is 35.2. The van der Waals surface area contributed by atoms with E-state index < -0.39 is 60.2 Å². The van der Waals surface area contributed by atoms with E-state index in [4.69, 9.17) is 27.7 Å². The van der Waals surface area contributed by atoms with Crippen molar-refractivity contribution in [3.63, 3.8) is 0 Å². The van der Waals surface area contributed by atoms with Gasteiger partial charge in [-0.1, -0.05) is 20.3 Å². The molecule has 0 spiro atoms. The average Bonchev–Trinajstić information content (AvgIpc) is 2.79. The standard InChI is InChI=1S/C22H42N8O7/c1-12(2)10-15(29-18(33)13(24)6-3-4-8-23)20(35)28-14(7-5-9-27-22(25)26)19(34)30-16(21(36)37)11-17(31)32/h12-16H,3-11,23-24H2,1-2H3,(H,28,35)(H,29,33)(H,30,34)(H,31,32)(H,36,37)(H4,25,26,27)/t13-,14+,15+,16-/m1/s1. The maximum absolute atomic E-state index is 13.1. The predicted molar refractivity (Wildman–Crippen MR) is 135 cm³/mol. The summed E-state index contributed by atoms with van der Waals surface area (Å²) < 4.78 is 0. The molecule has 0 heterocycles. The molecule has 3 amide bonds. The summed E-state index contributed by atoms with van der Waals surface area (Å²) in [4.78, 5) is 60.9. The van der Waals surface area contributed by atoms with Crippen molar-refractivity contribution in [3.05, 3.63) is 0 Å². The molecule has 0 bridgehead atoms. The molecule has 4 atom stereocenters. The second-order valence-electron chi connectivity index (χ2n) is 9.12. The summed E-state index contributed by atoms with van der Waals surface area (Å²) >= 11 is 0. The van der Waals surface area contributed by atoms with Gasteiger partial charge in [0.1, 0.15) is 18.1 Å². The van der Waals surface area contributed by atoms with Crippen LogP contribution in [-0.4, -0.2) is 83.1 Å². The van der Waals surface area contributed by atoms with Gasteiger partial charge in [0.25, 0.3) is 0 Å². The van der Waals surface area contributed by atoms with E-state index in [1.807, 2.05) is 13.8 Å². The van der Waals surface area contributed by atoms with Gasteiger partial charge in [-0.15, -0.1) is 0 Å². The van der Waals surface area contributed by atoms with Crippen LogP contribution in [0, 0.1) is 11.3 Å². The lowest BCUT2D eigenvalue weighted by atomic mass is 10.0. The molecule has 0 radical (unpaired) electrons. The summed E-state index contributed by atoms with van der Waals surface area (Å²) in [5.41, 5.74) is 16.6. The molecule has 15 heteroatoms. The normalized spacial score (nSPS) is 14.1. The number of carboxylic acids is 2. The lowest BCUT2D eigenvalue weighted by molar-refractivity contribution is -0.147. The molecule has 0 aliphatic rings. The zero-order chi connectivity index (χ0) is 28.5. The number of carboxylic acid groups (broad SMARTS) is 2. The summed E-state index contributed by atoms with van der Waals surface area (Å²) in [7, 11) is 0. The molecule has 0 aliphatic heterocycles. The molecular weight excluding hydrogens is 488 g/mol. The maximum atomic E-state index is 13.1. The molecule has 0 aromatic carbocycles. The van der Waals surface area contributed by atoms with Crippen LogP contribution in [0.25, 0.3) is 0 Å². The molecular formula is C22H42N8O7. The van der Waals surface area contributed by atoms with Crippen LogP contribution in [0.5, 0.6) is 0 Å². The minimum Gasteiger partial charge on any atom is -0.481 e. The topological polar surface area (TPSA) is 276 Å². The van der Waals surface area contributed by atoms with E-state index in [-0.39, 0.29) is 37.7 Å². The highest BCUT2D eigenvalue weighted by molar-refractivity contribution is 5.94. The highest BCUT2D eigenvalue weighted by atomic mass is 16.4. The Kier molecular flexibility index (Phi) is 16.2. The van der Waals surface area contributed by atoms with E-state index in [0.29, 0.717) is 25.8 Å². The molecule has 0 aromatic rings. The van der Waals surface area contributed by atoms with Crippen molar-refractivity contribution >= 4 is 35.6 Å². The molecule has 0 aliphatic carbocycles. The summed E-state index contributed by atoms with van der Waals surface area (Å²) in [5.74, 6) is -5.40. The van der Waals surface area contributed by atoms with E-state index >= 15 is 0 Å². The Balaban J connectivity index is 5.56. The smallest absolute Gasteiger partial charge is 0.326 e. The van der Waals surface area contributed by atoms with Crippen LogP contribution in [-0.2, 0) is 24.0 Å². The van der Waals surface area contributed by atoms with E-state index in [1.54, 1.807) is 0 Å². The Labute approximate surface area is 216 Å². The van der Waals surface area contributed by atoms with E-state index in [9.17, 15) is 29.1 Å². The molecule has 15 nitrogen and oxygen atoms in total. The quantitative estimate of drug-likeness (QED) is 0.0484. The summed E-state index contributed by atoms with van der Waals surface area (Å²) in [6.07, 6.45) is 1.37. The van der Waals surface area contributed by atoms with Gasteiger partial charge in [-0.05, 0) is 44.6 Å². The Bertz CT molecular complexity index is 793. The first-order valence-corrected chi connectivity index (χ1v) is 12.2. The van der Waals surface area contributed by atoms with E-state index in [1.165, 1.54) is 0 Å². The molecule has 0 unspecified atom stereocenters. The van der Waals surface area contributed by atoms with Crippen molar-refractivity contribution in [2.75, 3.05) is 13.1 Å². The van der Waals surface area contributed by atoms with Crippen molar-refractivity contribution < 1.29 is 34.2 Å². The third-order valence-corrected chi connectivity index (χ3v) is 5.26. The third kappa shape index (κ3) is 15.3. The fraction of sp³-hybridized carbons (Fsp3) is 0.727. The number of rotatable bonds is 19. The first-order valence-electron chi connectivity index (χ1n) is 12.2. The van der Waals surface area contributed by atoms with Crippen molar-refractivity contribution in [1.29, 1.82) is 5.41 Å². The Morgan fingerprint density at radius 2 is 1.41 bits per heavy atom. The minimum atomic E-state index is -1.71. The van der Waals surface area contributed by atoms with Gasteiger partial charge < -0.3 is 48.7 Å². The van der Waals surface area contributed by atoms with Gasteiger partial charge in [0.15, 0.2) is 5.96 Å². The van der Waals surface area contributed by atoms with Crippen LogP contribution in [0.15, 0.2) is 0 Å². The van der Waals surface area contributed by atoms with Crippen molar-refractivity contribution in [2.24, 2.45) is 23.1 Å². The highest BCUT2D eigenvalue weighted by Crippen LogP contribution is 2.08. The lowest BCUT2D eigenvalue weighted by Gasteiger charge is -2.26. The van der Waals surface area contributed by atoms with Gasteiger partial charge in [0, 0.05) is 6.54 Å². The molecule has 0 fully saturated rings. The molecule has 212 valence electrons. The third-order valence-electron chi connectivity index (χ3n) is 5.26. The number of hydrogen-bond acceptors (Lipinski definition) is 8. The molecule has 0 rings (SSSR count). The number of unbranched alkanes of at least 4 members (excludes halogenated alkanes) is 1. The molecule has 0 aromatic heterocycles. The highest BCUT2D eigenvalue weighted by Gasteiger charge is 2.31. The minimum absolute atomic E-state index is 0.0106. The van der Waals surface area contributed by atoms with Gasteiger partial charge in [-0.2, -0.15) is 0 Å². The number of aliphatic carboxylic acids is 2. The molecule has 37 heavy (non-hydrogen) atoms. The van der Waals surface area contributed by atoms with Crippen LogP contribution in [0.3, 0.4) is 0 Å². The second kappa shape index (κ2) is 17.9. The molecule has 13 N–H and O–H groups in total. The van der Waals surface area contributed by atoms with Gasteiger partial charge in [0.2, 0.25) is 17.7 Å². The van der Waals surface area contributed by atoms with Gasteiger partial charge in [-0.25, -0.2) is 4.79 Å². The Morgan fingerprint density at radius 3 is 1.92 bits per heavy atom. The van der Waals surface area contributed by atoms with Crippen molar-refractivity contribution in [2.45, 2.75) is 83.0 Å². The number of hydrogen-bond donors (Lipinski definition) is 10. The summed E-state index contributed by atoms with van der Waals surface area (Å²) in [6, 6.07) is -4.83. The Hall–Kier alpha value is -3.46. The maximum Gasteiger partial charge on any atom is 0.326 e.